The van der Waals surface area contributed by atoms with Crippen molar-refractivity contribution >= 4 is 10.2 Å². The van der Waals surface area contributed by atoms with Gasteiger partial charge in [-0.25, -0.2) is 4.98 Å². The Morgan fingerprint density at radius 1 is 1.50 bits per heavy atom. The largest absolute Gasteiger partial charge is 0.333 e. The standard InChI is InChI=1S/C6H5F2NO2S/c1-4-2-6(7)9-3-5(4)12(8,10)11/h2-3H,1H3. The number of aryl methyl sites for hydroxylation is 1. The lowest BCUT2D eigenvalue weighted by molar-refractivity contribution is 0.547. The molecule has 0 spiro atoms. The number of hydrogen-bond acceptors (Lipinski definition) is 3. The molecule has 12 heavy (non-hydrogen) atoms. The molecule has 0 saturated heterocycles. The topological polar surface area (TPSA) is 47.0 Å². The second-order valence-electron chi connectivity index (χ2n) is 2.21. The predicted molar refractivity (Wildman–Crippen MR) is 37.2 cm³/mol. The molecule has 6 heteroatoms. The van der Waals surface area contributed by atoms with Crippen molar-refractivity contribution in [3.63, 3.8) is 0 Å². The number of halogens is 2. The van der Waals surface area contributed by atoms with Crippen LogP contribution in [-0.2, 0) is 10.2 Å². The fraction of sp³-hybridized carbons (Fsp3) is 0.167. The van der Waals surface area contributed by atoms with Crippen molar-refractivity contribution in [1.29, 1.82) is 0 Å². The van der Waals surface area contributed by atoms with Gasteiger partial charge in [0.2, 0.25) is 5.95 Å². The summed E-state index contributed by atoms with van der Waals surface area (Å²) in [6.07, 6.45) is 0.653. The second-order valence-corrected chi connectivity index (χ2v) is 3.53. The molecule has 0 saturated carbocycles. The maximum absolute atomic E-state index is 12.3. The van der Waals surface area contributed by atoms with Crippen LogP contribution in [0.1, 0.15) is 5.56 Å². The van der Waals surface area contributed by atoms with Crippen molar-refractivity contribution in [3.8, 4) is 0 Å². The summed E-state index contributed by atoms with van der Waals surface area (Å²) in [5, 5.41) is 0. The number of pyridine rings is 1. The Hall–Kier alpha value is -1.04. The summed E-state index contributed by atoms with van der Waals surface area (Å²) < 4.78 is 45.3. The van der Waals surface area contributed by atoms with Crippen LogP contribution >= 0.6 is 0 Å². The van der Waals surface area contributed by atoms with Crippen LogP contribution in [0.2, 0.25) is 0 Å². The summed E-state index contributed by atoms with van der Waals surface area (Å²) in [6.45, 7) is 1.29. The van der Waals surface area contributed by atoms with Crippen LogP contribution in [-0.4, -0.2) is 13.4 Å². The molecule has 3 nitrogen and oxygen atoms in total. The van der Waals surface area contributed by atoms with Gasteiger partial charge in [-0.1, -0.05) is 0 Å². The molecule has 1 rings (SSSR count). The number of aromatic nitrogens is 1. The summed E-state index contributed by atoms with van der Waals surface area (Å²) in [4.78, 5) is 2.43. The Morgan fingerprint density at radius 3 is 2.50 bits per heavy atom. The van der Waals surface area contributed by atoms with E-state index in [4.69, 9.17) is 0 Å². The molecule has 1 heterocycles. The zero-order chi connectivity index (χ0) is 9.35. The van der Waals surface area contributed by atoms with Gasteiger partial charge < -0.3 is 0 Å². The van der Waals surface area contributed by atoms with Crippen LogP contribution in [0.3, 0.4) is 0 Å². The number of rotatable bonds is 1. The smallest absolute Gasteiger partial charge is 0.227 e. The van der Waals surface area contributed by atoms with E-state index in [2.05, 4.69) is 4.98 Å². The minimum atomic E-state index is -4.78. The number of nitrogens with zero attached hydrogens (tertiary/aromatic N) is 1. The lowest BCUT2D eigenvalue weighted by Gasteiger charge is -1.98. The van der Waals surface area contributed by atoms with Gasteiger partial charge in [0, 0.05) is 0 Å². The van der Waals surface area contributed by atoms with Crippen LogP contribution in [0.4, 0.5) is 8.28 Å². The van der Waals surface area contributed by atoms with Crippen LogP contribution in [0.15, 0.2) is 17.2 Å². The second kappa shape index (κ2) is 2.78. The highest BCUT2D eigenvalue weighted by atomic mass is 32.3. The van der Waals surface area contributed by atoms with Gasteiger partial charge in [-0.15, -0.1) is 3.89 Å². The molecule has 0 unspecified atom stereocenters. The minimum absolute atomic E-state index is 0.00463. The Kier molecular flexibility index (Phi) is 2.10. The molecular weight excluding hydrogens is 188 g/mol. The SMILES string of the molecule is Cc1cc(F)ncc1S(=O)(=O)F. The van der Waals surface area contributed by atoms with E-state index < -0.39 is 21.1 Å². The number of hydrogen-bond donors (Lipinski definition) is 0. The highest BCUT2D eigenvalue weighted by Crippen LogP contribution is 2.15. The van der Waals surface area contributed by atoms with Crippen LogP contribution in [0, 0.1) is 12.9 Å². The van der Waals surface area contributed by atoms with Crippen molar-refractivity contribution in [3.05, 3.63) is 23.8 Å². The van der Waals surface area contributed by atoms with Gasteiger partial charge in [0.15, 0.2) is 0 Å². The molecule has 0 fully saturated rings. The predicted octanol–water partition coefficient (Wildman–Crippen LogP) is 1.19. The fourth-order valence-electron chi connectivity index (χ4n) is 0.764. The van der Waals surface area contributed by atoms with Gasteiger partial charge in [-0.05, 0) is 18.6 Å². The van der Waals surface area contributed by atoms with Gasteiger partial charge >= 0.3 is 10.2 Å². The van der Waals surface area contributed by atoms with E-state index in [1.807, 2.05) is 0 Å². The molecule has 0 atom stereocenters. The van der Waals surface area contributed by atoms with Gasteiger partial charge in [0.05, 0.1) is 6.20 Å². The van der Waals surface area contributed by atoms with E-state index in [9.17, 15) is 16.7 Å². The van der Waals surface area contributed by atoms with Gasteiger partial charge in [0.25, 0.3) is 0 Å². The molecule has 0 aliphatic carbocycles. The fourth-order valence-corrected chi connectivity index (χ4v) is 1.39. The molecule has 1 aromatic heterocycles. The first-order valence-corrected chi connectivity index (χ1v) is 4.36. The normalized spacial score (nSPS) is 11.6. The van der Waals surface area contributed by atoms with E-state index in [0.717, 1.165) is 6.07 Å². The zero-order valence-corrected chi connectivity index (χ0v) is 6.90. The van der Waals surface area contributed by atoms with E-state index >= 15 is 0 Å². The maximum atomic E-state index is 12.3. The monoisotopic (exact) mass is 193 g/mol. The third-order valence-electron chi connectivity index (χ3n) is 1.29. The van der Waals surface area contributed by atoms with Crippen molar-refractivity contribution < 1.29 is 16.7 Å². The minimum Gasteiger partial charge on any atom is -0.227 e. The lowest BCUT2D eigenvalue weighted by atomic mass is 10.3. The van der Waals surface area contributed by atoms with Crippen molar-refractivity contribution in [2.45, 2.75) is 11.8 Å². The molecule has 1 aromatic rings. The molecular formula is C6H5F2NO2S. The first-order chi connectivity index (χ1) is 5.41. The Bertz CT molecular complexity index is 402. The van der Waals surface area contributed by atoms with Crippen molar-refractivity contribution in [1.82, 2.24) is 4.98 Å². The average molecular weight is 193 g/mol. The summed E-state index contributed by atoms with van der Waals surface area (Å²) in [6, 6.07) is 0.854. The van der Waals surface area contributed by atoms with E-state index in [1.165, 1.54) is 6.92 Å². The Balaban J connectivity index is 3.39. The lowest BCUT2D eigenvalue weighted by Crippen LogP contribution is -1.97. The Morgan fingerprint density at radius 2 is 2.08 bits per heavy atom. The average Bonchev–Trinajstić information content (AvgIpc) is 1.83. The maximum Gasteiger partial charge on any atom is 0.333 e. The molecule has 0 aliphatic heterocycles. The summed E-state index contributed by atoms with van der Waals surface area (Å²) in [5.74, 6) is -0.833. The van der Waals surface area contributed by atoms with Crippen LogP contribution in [0.25, 0.3) is 0 Å². The molecule has 66 valence electrons. The van der Waals surface area contributed by atoms with Crippen LogP contribution in [0.5, 0.6) is 0 Å². The molecule has 0 aliphatic rings. The van der Waals surface area contributed by atoms with E-state index in [0.29, 0.717) is 6.20 Å². The molecule has 0 bridgehead atoms. The van der Waals surface area contributed by atoms with E-state index in [-0.39, 0.29) is 5.56 Å². The van der Waals surface area contributed by atoms with Crippen LogP contribution < -0.4 is 0 Å². The zero-order valence-electron chi connectivity index (χ0n) is 6.08. The van der Waals surface area contributed by atoms with Gasteiger partial charge in [-0.2, -0.15) is 12.8 Å². The summed E-state index contributed by atoms with van der Waals surface area (Å²) in [7, 11) is -4.78. The summed E-state index contributed by atoms with van der Waals surface area (Å²) in [5.41, 5.74) is 0.00463. The van der Waals surface area contributed by atoms with Crippen molar-refractivity contribution in [2.24, 2.45) is 0 Å². The van der Waals surface area contributed by atoms with E-state index in [1.54, 1.807) is 0 Å². The highest BCUT2D eigenvalue weighted by molar-refractivity contribution is 7.86. The highest BCUT2D eigenvalue weighted by Gasteiger charge is 2.15. The molecule has 0 N–H and O–H groups in total. The summed E-state index contributed by atoms with van der Waals surface area (Å²) >= 11 is 0. The van der Waals surface area contributed by atoms with Crippen molar-refractivity contribution in [2.75, 3.05) is 0 Å². The first-order valence-electron chi connectivity index (χ1n) is 2.98. The molecule has 0 aromatic carbocycles. The van der Waals surface area contributed by atoms with Gasteiger partial charge in [-0.3, -0.25) is 0 Å². The molecule has 0 radical (unpaired) electrons. The van der Waals surface area contributed by atoms with Gasteiger partial charge in [0.1, 0.15) is 4.90 Å². The third kappa shape index (κ3) is 1.76. The third-order valence-corrected chi connectivity index (χ3v) is 2.24. The quantitative estimate of drug-likeness (QED) is 0.497. The molecule has 0 amide bonds. The Labute approximate surface area is 68.3 Å². The first kappa shape index (κ1) is 9.05.